The number of carboxylic acids is 1. The fourth-order valence-electron chi connectivity index (χ4n) is 14.2. The summed E-state index contributed by atoms with van der Waals surface area (Å²) in [7, 11) is -3.67. The van der Waals surface area contributed by atoms with Gasteiger partial charge in [0.05, 0.1) is 22.8 Å². The molecule has 24 N–H and O–H groups in total. The SMILES string of the molecule is CS(=O)(=O)O.O=C(O)c1ccc(C(=O)c2ccc(O)cc2O)cc1.O=C=O.Oc1cc(O)c2ccccc2c1.Oc1cc2ccccc2cc1O.Oc1ccc(O)c2ccccc12.Oc1ccc2c(O)cccc2c1.Oc1ccc2cc(O)ccc2c1.Oc1ccc2ccc(O)cc2c1.Oc1ccc2cccc(O)c2c1.Oc1ccc2ccccc2c1O.Oc1cccc2c(O)cccc12.Oc1cccc2cccc(O)c12. The summed E-state index contributed by atoms with van der Waals surface area (Å²) in [6, 6.07) is 112. The number of benzene rings is 22. The van der Waals surface area contributed by atoms with Gasteiger partial charge in [-0.15, -0.1) is 0 Å². The number of rotatable bonds is 3. The third-order valence-electron chi connectivity index (χ3n) is 21.1. The first kappa shape index (κ1) is 108. The molecule has 0 aliphatic carbocycles. The second-order valence-corrected chi connectivity index (χ2v) is 33.0. The Balaban J connectivity index is 0.000000165. The molecule has 0 unspecified atom stereocenters. The molecule has 0 radical (unpaired) electrons. The highest BCUT2D eigenvalue weighted by atomic mass is 32.2. The number of carbonyl (C=O) groups excluding carboxylic acids is 3. The number of carboxylic acid groups (broad SMARTS) is 1. The maximum atomic E-state index is 12.1. The largest absolute Gasteiger partial charge is 0.508 e. The van der Waals surface area contributed by atoms with Crippen molar-refractivity contribution in [1.82, 2.24) is 0 Å². The fourth-order valence-corrected chi connectivity index (χ4v) is 14.2. The monoisotopic (exact) mass is 2000 g/mol. The van der Waals surface area contributed by atoms with Crippen molar-refractivity contribution >= 4 is 136 Å². The van der Waals surface area contributed by atoms with Crippen LogP contribution in [0, 0.1) is 0 Å². The van der Waals surface area contributed by atoms with Crippen molar-refractivity contribution in [3.8, 4) is 126 Å². The Bertz CT molecular complexity index is 8170. The Morgan fingerprint density at radius 2 is 0.476 bits per heavy atom. The van der Waals surface area contributed by atoms with Gasteiger partial charge in [-0.3, -0.25) is 9.35 Å². The minimum atomic E-state index is -3.67. The topological polar surface area (TPSA) is 588 Å². The van der Waals surface area contributed by atoms with Crippen LogP contribution in [-0.2, 0) is 19.7 Å². The van der Waals surface area contributed by atoms with Gasteiger partial charge in [-0.2, -0.15) is 18.0 Å². The zero-order valence-corrected chi connectivity index (χ0v) is 78.1. The van der Waals surface area contributed by atoms with E-state index in [9.17, 15) is 74.2 Å². The molecule has 0 aliphatic rings. The number of ketones is 1. The second-order valence-electron chi connectivity index (χ2n) is 31.5. The van der Waals surface area contributed by atoms with E-state index in [1.54, 1.807) is 224 Å². The predicted molar refractivity (Wildman–Crippen MR) is 562 cm³/mol. The number of phenols is 22. The summed E-state index contributed by atoms with van der Waals surface area (Å²) in [6.45, 7) is 0. The van der Waals surface area contributed by atoms with Crippen LogP contribution < -0.4 is 0 Å². The second kappa shape index (κ2) is 51.4. The molecule has 744 valence electrons. The van der Waals surface area contributed by atoms with Crippen molar-refractivity contribution in [1.29, 1.82) is 0 Å². The van der Waals surface area contributed by atoms with Crippen molar-refractivity contribution in [3.63, 3.8) is 0 Å². The van der Waals surface area contributed by atoms with Crippen molar-refractivity contribution in [2.45, 2.75) is 0 Å². The molecule has 0 atom stereocenters. The van der Waals surface area contributed by atoms with Crippen LogP contribution in [-0.4, -0.2) is 155 Å². The number of carbonyl (C=O) groups is 2. The molecular weight excluding hydrogens is 1910 g/mol. The van der Waals surface area contributed by atoms with Gasteiger partial charge in [-0.1, -0.05) is 218 Å². The summed E-state index contributed by atoms with van der Waals surface area (Å²) in [6.07, 6.45) is 0.965. The number of hydrogen-bond donors (Lipinski definition) is 24. The molecule has 147 heavy (non-hydrogen) atoms. The number of fused-ring (bicyclic) bond motifs is 10. The maximum Gasteiger partial charge on any atom is 0.373 e. The smallest absolute Gasteiger partial charge is 0.373 e. The summed E-state index contributed by atoms with van der Waals surface area (Å²) >= 11 is 0. The highest BCUT2D eigenvalue weighted by Gasteiger charge is 2.16. The molecule has 30 nitrogen and oxygen atoms in total. The normalized spacial score (nSPS) is 10.2. The molecule has 22 aromatic rings. The Hall–Kier alpha value is -20.5. The first-order chi connectivity index (χ1) is 70.1. The van der Waals surface area contributed by atoms with Crippen molar-refractivity contribution in [2.75, 3.05) is 6.26 Å². The molecule has 0 heterocycles. The van der Waals surface area contributed by atoms with Crippen LogP contribution in [0.15, 0.2) is 406 Å². The molecule has 0 amide bonds. The van der Waals surface area contributed by atoms with Crippen LogP contribution in [0.25, 0.3) is 108 Å². The maximum absolute atomic E-state index is 12.1. The van der Waals surface area contributed by atoms with Gasteiger partial charge in [0.25, 0.3) is 10.1 Å². The average Bonchev–Trinajstić information content (AvgIpc) is 0.817. The highest BCUT2D eigenvalue weighted by molar-refractivity contribution is 7.85. The third kappa shape index (κ3) is 31.5. The van der Waals surface area contributed by atoms with Crippen LogP contribution >= 0.6 is 0 Å². The predicted octanol–water partition coefficient (Wildman–Crippen LogP) is 23.5. The Morgan fingerprint density at radius 3 is 0.932 bits per heavy atom. The van der Waals surface area contributed by atoms with Crippen molar-refractivity contribution in [3.05, 3.63) is 423 Å². The molecule has 0 aliphatic heterocycles. The first-order valence-electron chi connectivity index (χ1n) is 43.5. The summed E-state index contributed by atoms with van der Waals surface area (Å²) < 4.78 is 25.9. The molecule has 0 saturated heterocycles. The van der Waals surface area contributed by atoms with E-state index in [1.165, 1.54) is 60.7 Å². The van der Waals surface area contributed by atoms with E-state index < -0.39 is 21.9 Å². The molecule has 0 fully saturated rings. The van der Waals surface area contributed by atoms with Crippen LogP contribution in [0.1, 0.15) is 26.3 Å². The van der Waals surface area contributed by atoms with Gasteiger partial charge in [0, 0.05) is 60.8 Å². The minimum absolute atomic E-state index is 0.0425. The molecule has 22 rings (SSSR count). The average molecular weight is 2000 g/mol. The molecule has 0 aromatic heterocycles. The van der Waals surface area contributed by atoms with Gasteiger partial charge in [0.2, 0.25) is 0 Å². The van der Waals surface area contributed by atoms with E-state index in [1.807, 2.05) is 115 Å². The minimum Gasteiger partial charge on any atom is -0.508 e. The summed E-state index contributed by atoms with van der Waals surface area (Å²) in [5.74, 6) is 0.704. The first-order valence-corrected chi connectivity index (χ1v) is 45.4. The van der Waals surface area contributed by atoms with Crippen molar-refractivity contribution in [2.24, 2.45) is 0 Å². The fraction of sp³-hybridized carbons (Fsp3) is 0.00862. The third-order valence-corrected chi connectivity index (χ3v) is 21.1. The molecule has 0 spiro atoms. The Kier molecular flexibility index (Phi) is 37.9. The lowest BCUT2D eigenvalue weighted by Gasteiger charge is -2.04. The molecule has 0 saturated carbocycles. The number of aromatic hydroxyl groups is 22. The standard InChI is InChI=1S/C14H10O5.10C10H8O2.CH4O3S.CO2/c15-10-5-6-11(12(16)7-10)13(17)8-1-3-9(4-2-8)14(18)19;11-9-3-1-7-5-10(12)4-2-8(7)6-9;11-9-3-1-7-2-4-10(12)6-8(7)5-9;11-9-5-1-3-7-8(9)4-2-6-10(7)12;11-8-5-1-3-7-4-2-6-9(12)10(7)8;11-8-4-5-9-7(6-8)2-1-3-10(9)12;11-8-5-4-7-2-1-3-10(12)9(7)6-8;11-8-5-7-3-1-2-4-9(7)10(12)6-8;11-9-5-7-3-1-2-4-8(7)6-10(9)12;11-9-5-6-10(12)8-4-2-1-3-7(8)9;11-9-6-5-7-3-1-2-4-8(7)10(9)12;1-5(2,3)4;2-1-3/h1-7,15-16H,(H,18,19);10*1-6,11-12H;1H3,(H,2,3,4);. The quantitative estimate of drug-likeness (QED) is 0.0338. The van der Waals surface area contributed by atoms with E-state index in [-0.39, 0.29) is 149 Å². The molecule has 0 bridgehead atoms. The van der Waals surface area contributed by atoms with Gasteiger partial charge in [-0.05, 0) is 235 Å². The molecular formula is C116H94O30S. The van der Waals surface area contributed by atoms with Crippen LogP contribution in [0.4, 0.5) is 0 Å². The summed E-state index contributed by atoms with van der Waals surface area (Å²) in [4.78, 5) is 39.0. The van der Waals surface area contributed by atoms with E-state index in [4.69, 9.17) is 75.4 Å². The Morgan fingerprint density at radius 1 is 0.204 bits per heavy atom. The van der Waals surface area contributed by atoms with E-state index >= 15 is 0 Å². The van der Waals surface area contributed by atoms with Gasteiger partial charge in [0.15, 0.2) is 28.8 Å². The van der Waals surface area contributed by atoms with Crippen LogP contribution in [0.2, 0.25) is 0 Å². The van der Waals surface area contributed by atoms with Gasteiger partial charge < -0.3 is 117 Å². The summed E-state index contributed by atoms with van der Waals surface area (Å²) in [5, 5.41) is 229. The Labute approximate surface area is 836 Å². The van der Waals surface area contributed by atoms with Crippen LogP contribution in [0.3, 0.4) is 0 Å². The van der Waals surface area contributed by atoms with Gasteiger partial charge in [-0.25, -0.2) is 4.79 Å². The zero-order valence-electron chi connectivity index (χ0n) is 77.3. The zero-order chi connectivity index (χ0) is 107. The number of phenolic OH excluding ortho intramolecular Hbond substituents is 22. The van der Waals surface area contributed by atoms with Crippen molar-refractivity contribution < 1.29 is 150 Å². The van der Waals surface area contributed by atoms with Gasteiger partial charge >= 0.3 is 12.1 Å². The number of aromatic carboxylic acids is 1. The highest BCUT2D eigenvalue weighted by Crippen LogP contribution is 2.39. The van der Waals surface area contributed by atoms with E-state index in [2.05, 4.69) is 0 Å². The lowest BCUT2D eigenvalue weighted by molar-refractivity contribution is -0.191. The lowest BCUT2D eigenvalue weighted by Crippen LogP contribution is -2.03. The molecule has 22 aromatic carbocycles. The van der Waals surface area contributed by atoms with Gasteiger partial charge in [0.1, 0.15) is 103 Å². The molecule has 31 heteroatoms. The van der Waals surface area contributed by atoms with E-state index in [0.717, 1.165) is 76.1 Å². The lowest BCUT2D eigenvalue weighted by atomic mass is 10.0. The number of hydrogen-bond acceptors (Lipinski definition) is 28. The van der Waals surface area contributed by atoms with E-state index in [0.29, 0.717) is 44.0 Å². The summed E-state index contributed by atoms with van der Waals surface area (Å²) in [5.41, 5.74) is 0.373. The van der Waals surface area contributed by atoms with Crippen LogP contribution in [0.5, 0.6) is 126 Å².